The molecule has 0 saturated carbocycles. The van der Waals surface area contributed by atoms with Crippen LogP contribution in [-0.4, -0.2) is 0 Å². The molecular formula is C15H11BrF2N2. The molecule has 0 aliphatic heterocycles. The largest absolute Gasteiger partial charge is 0.381 e. The minimum atomic E-state index is -0.457. The zero-order valence-corrected chi connectivity index (χ0v) is 12.3. The Morgan fingerprint density at radius 2 is 1.95 bits per heavy atom. The van der Waals surface area contributed by atoms with Gasteiger partial charge in [-0.15, -0.1) is 0 Å². The van der Waals surface area contributed by atoms with Crippen LogP contribution in [0.1, 0.15) is 16.7 Å². The lowest BCUT2D eigenvalue weighted by Gasteiger charge is -2.11. The molecule has 0 atom stereocenters. The van der Waals surface area contributed by atoms with E-state index in [9.17, 15) is 8.78 Å². The minimum Gasteiger partial charge on any atom is -0.381 e. The van der Waals surface area contributed by atoms with Gasteiger partial charge in [-0.1, -0.05) is 15.9 Å². The number of rotatable bonds is 3. The Morgan fingerprint density at radius 3 is 2.65 bits per heavy atom. The first-order valence-electron chi connectivity index (χ1n) is 5.89. The maximum atomic E-state index is 13.6. The molecule has 0 heterocycles. The number of benzene rings is 2. The Hall–Kier alpha value is -1.93. The highest BCUT2D eigenvalue weighted by Gasteiger charge is 2.08. The van der Waals surface area contributed by atoms with Crippen molar-refractivity contribution in [1.29, 1.82) is 5.26 Å². The lowest BCUT2D eigenvalue weighted by molar-refractivity contribution is 0.611. The van der Waals surface area contributed by atoms with Crippen molar-refractivity contribution < 1.29 is 8.78 Å². The number of nitrogens with one attached hydrogen (secondary N) is 1. The summed E-state index contributed by atoms with van der Waals surface area (Å²) in [6, 6.07) is 9.25. The first kappa shape index (κ1) is 14.5. The third-order valence-corrected chi connectivity index (χ3v) is 3.44. The summed E-state index contributed by atoms with van der Waals surface area (Å²) in [5.41, 5.74) is 1.58. The first-order valence-corrected chi connectivity index (χ1v) is 6.68. The van der Waals surface area contributed by atoms with Gasteiger partial charge in [0, 0.05) is 27.8 Å². The number of hydrogen-bond acceptors (Lipinski definition) is 2. The van der Waals surface area contributed by atoms with Gasteiger partial charge in [-0.05, 0) is 37.3 Å². The molecule has 2 nitrogen and oxygen atoms in total. The number of nitrogens with zero attached hydrogens (tertiary/aromatic N) is 1. The molecule has 0 unspecified atom stereocenters. The van der Waals surface area contributed by atoms with Crippen LogP contribution in [-0.2, 0) is 6.54 Å². The Labute approximate surface area is 124 Å². The standard InChI is InChI=1S/C15H11BrF2N2/c1-9-14(18)4-10(7-19)5-15(9)20-8-11-6-12(16)2-3-13(11)17/h2-6,20H,8H2,1H3. The van der Waals surface area contributed by atoms with Crippen molar-refractivity contribution in [3.05, 3.63) is 63.1 Å². The molecule has 0 aliphatic rings. The highest BCUT2D eigenvalue weighted by Crippen LogP contribution is 2.22. The summed E-state index contributed by atoms with van der Waals surface area (Å²) >= 11 is 3.27. The molecule has 0 radical (unpaired) electrons. The van der Waals surface area contributed by atoms with Gasteiger partial charge >= 0.3 is 0 Å². The lowest BCUT2D eigenvalue weighted by atomic mass is 10.1. The molecule has 2 rings (SSSR count). The molecule has 0 amide bonds. The van der Waals surface area contributed by atoms with Gasteiger partial charge in [0.15, 0.2) is 0 Å². The molecule has 0 saturated heterocycles. The second kappa shape index (κ2) is 6.02. The van der Waals surface area contributed by atoms with Gasteiger partial charge in [0.1, 0.15) is 11.6 Å². The van der Waals surface area contributed by atoms with Crippen molar-refractivity contribution in [2.45, 2.75) is 13.5 Å². The topological polar surface area (TPSA) is 35.8 Å². The minimum absolute atomic E-state index is 0.209. The number of anilines is 1. The van der Waals surface area contributed by atoms with E-state index in [0.29, 0.717) is 16.8 Å². The second-order valence-corrected chi connectivity index (χ2v) is 5.25. The fourth-order valence-corrected chi connectivity index (χ4v) is 2.20. The Bertz CT molecular complexity index is 693. The maximum Gasteiger partial charge on any atom is 0.129 e. The molecule has 5 heteroatoms. The molecule has 20 heavy (non-hydrogen) atoms. The number of halogens is 3. The SMILES string of the molecule is Cc1c(F)cc(C#N)cc1NCc1cc(Br)ccc1F. The smallest absolute Gasteiger partial charge is 0.129 e. The highest BCUT2D eigenvalue weighted by atomic mass is 79.9. The van der Waals surface area contributed by atoms with Gasteiger partial charge in [0.25, 0.3) is 0 Å². The monoisotopic (exact) mass is 336 g/mol. The summed E-state index contributed by atoms with van der Waals surface area (Å²) in [4.78, 5) is 0. The summed E-state index contributed by atoms with van der Waals surface area (Å²) in [5.74, 6) is -0.795. The van der Waals surface area contributed by atoms with E-state index in [4.69, 9.17) is 5.26 Å². The summed E-state index contributed by atoms with van der Waals surface area (Å²) in [5, 5.41) is 11.8. The quantitative estimate of drug-likeness (QED) is 0.894. The molecule has 2 aromatic carbocycles. The van der Waals surface area contributed by atoms with E-state index in [-0.39, 0.29) is 17.9 Å². The fourth-order valence-electron chi connectivity index (χ4n) is 1.80. The van der Waals surface area contributed by atoms with Crippen LogP contribution >= 0.6 is 15.9 Å². The van der Waals surface area contributed by atoms with Crippen LogP contribution in [0.15, 0.2) is 34.8 Å². The van der Waals surface area contributed by atoms with E-state index in [1.54, 1.807) is 25.1 Å². The van der Waals surface area contributed by atoms with Gasteiger partial charge in [0.2, 0.25) is 0 Å². The van der Waals surface area contributed by atoms with E-state index >= 15 is 0 Å². The highest BCUT2D eigenvalue weighted by molar-refractivity contribution is 9.10. The van der Waals surface area contributed by atoms with Gasteiger partial charge in [-0.3, -0.25) is 0 Å². The fraction of sp³-hybridized carbons (Fsp3) is 0.133. The van der Waals surface area contributed by atoms with Crippen LogP contribution in [0.5, 0.6) is 0 Å². The summed E-state index contributed by atoms with van der Waals surface area (Å²) < 4.78 is 28.0. The van der Waals surface area contributed by atoms with Crippen molar-refractivity contribution in [3.8, 4) is 6.07 Å². The Kier molecular flexibility index (Phi) is 4.35. The molecular weight excluding hydrogens is 326 g/mol. The van der Waals surface area contributed by atoms with E-state index in [0.717, 1.165) is 4.47 Å². The third kappa shape index (κ3) is 3.14. The molecule has 102 valence electrons. The average molecular weight is 337 g/mol. The maximum absolute atomic E-state index is 13.6. The predicted molar refractivity (Wildman–Crippen MR) is 77.3 cm³/mol. The van der Waals surface area contributed by atoms with Crippen molar-refractivity contribution in [3.63, 3.8) is 0 Å². The Balaban J connectivity index is 2.25. The Morgan fingerprint density at radius 1 is 1.20 bits per heavy atom. The van der Waals surface area contributed by atoms with Crippen LogP contribution in [0.4, 0.5) is 14.5 Å². The molecule has 0 bridgehead atoms. The lowest BCUT2D eigenvalue weighted by Crippen LogP contribution is -2.04. The van der Waals surface area contributed by atoms with E-state index in [1.807, 2.05) is 6.07 Å². The molecule has 0 spiro atoms. The van der Waals surface area contributed by atoms with Crippen LogP contribution in [0, 0.1) is 29.9 Å². The van der Waals surface area contributed by atoms with E-state index in [1.165, 1.54) is 12.1 Å². The van der Waals surface area contributed by atoms with E-state index in [2.05, 4.69) is 21.2 Å². The van der Waals surface area contributed by atoms with Crippen molar-refractivity contribution >= 4 is 21.6 Å². The van der Waals surface area contributed by atoms with Crippen LogP contribution in [0.2, 0.25) is 0 Å². The van der Waals surface area contributed by atoms with Crippen LogP contribution in [0.25, 0.3) is 0 Å². The van der Waals surface area contributed by atoms with Crippen molar-refractivity contribution in [2.24, 2.45) is 0 Å². The predicted octanol–water partition coefficient (Wildman–Crippen LogP) is 4.52. The van der Waals surface area contributed by atoms with Crippen LogP contribution in [0.3, 0.4) is 0 Å². The zero-order chi connectivity index (χ0) is 14.7. The van der Waals surface area contributed by atoms with Gasteiger partial charge in [-0.2, -0.15) is 5.26 Å². The zero-order valence-electron chi connectivity index (χ0n) is 10.7. The van der Waals surface area contributed by atoms with Gasteiger partial charge in [0.05, 0.1) is 11.6 Å². The average Bonchev–Trinajstić information content (AvgIpc) is 2.43. The second-order valence-electron chi connectivity index (χ2n) is 4.33. The molecule has 1 N–H and O–H groups in total. The van der Waals surface area contributed by atoms with Gasteiger partial charge < -0.3 is 5.32 Å². The summed E-state index contributed by atoms with van der Waals surface area (Å²) in [6.45, 7) is 1.82. The first-order chi connectivity index (χ1) is 9.51. The molecule has 0 fully saturated rings. The van der Waals surface area contributed by atoms with Crippen LogP contribution < -0.4 is 5.32 Å². The molecule has 0 aromatic heterocycles. The summed E-state index contributed by atoms with van der Waals surface area (Å²) in [6.07, 6.45) is 0. The number of nitriles is 1. The third-order valence-electron chi connectivity index (χ3n) is 2.95. The normalized spacial score (nSPS) is 10.2. The van der Waals surface area contributed by atoms with E-state index < -0.39 is 5.82 Å². The van der Waals surface area contributed by atoms with Gasteiger partial charge in [-0.25, -0.2) is 8.78 Å². The molecule has 0 aliphatic carbocycles. The van der Waals surface area contributed by atoms with Crippen molar-refractivity contribution in [2.75, 3.05) is 5.32 Å². The van der Waals surface area contributed by atoms with Crippen molar-refractivity contribution in [1.82, 2.24) is 0 Å². The molecule has 2 aromatic rings. The number of hydrogen-bond donors (Lipinski definition) is 1. The summed E-state index contributed by atoms with van der Waals surface area (Å²) in [7, 11) is 0.